The Balaban J connectivity index is 1.89. The number of carbonyl (C=O) groups is 1. The van der Waals surface area contributed by atoms with Crippen molar-refractivity contribution in [3.05, 3.63) is 60.7 Å². The fourth-order valence-electron chi connectivity index (χ4n) is 2.57. The minimum absolute atomic E-state index is 0.0685. The molecule has 0 N–H and O–H groups in total. The SMILES string of the molecule is O=C1CCCCC1([Se]c1ccccc1)[Se]c1ccccc1. The first kappa shape index (κ1) is 15.1. The Morgan fingerprint density at radius 3 is 1.76 bits per heavy atom. The fourth-order valence-corrected chi connectivity index (χ4v) is 9.98. The van der Waals surface area contributed by atoms with E-state index in [0.717, 1.165) is 19.3 Å². The van der Waals surface area contributed by atoms with Crippen molar-refractivity contribution < 1.29 is 4.79 Å². The van der Waals surface area contributed by atoms with E-state index in [1.807, 2.05) is 0 Å². The fraction of sp³-hybridized carbons (Fsp3) is 0.278. The summed E-state index contributed by atoms with van der Waals surface area (Å²) in [5.41, 5.74) is 0. The first-order valence-corrected chi connectivity index (χ1v) is 10.7. The van der Waals surface area contributed by atoms with Crippen molar-refractivity contribution in [3.8, 4) is 0 Å². The van der Waals surface area contributed by atoms with Gasteiger partial charge in [-0.15, -0.1) is 0 Å². The molecular formula is C18H18OSe2. The normalized spacial score (nSPS) is 17.6. The van der Waals surface area contributed by atoms with E-state index in [1.165, 1.54) is 15.3 Å². The van der Waals surface area contributed by atoms with Crippen LogP contribution in [0, 0.1) is 0 Å². The summed E-state index contributed by atoms with van der Waals surface area (Å²) in [5, 5.41) is 0. The molecule has 3 rings (SSSR count). The van der Waals surface area contributed by atoms with Crippen LogP contribution in [0.25, 0.3) is 0 Å². The van der Waals surface area contributed by atoms with Crippen LogP contribution in [0.4, 0.5) is 0 Å². The summed E-state index contributed by atoms with van der Waals surface area (Å²) in [7, 11) is 0. The maximum atomic E-state index is 12.8. The number of hydrogen-bond acceptors (Lipinski definition) is 1. The number of benzene rings is 2. The Hall–Kier alpha value is -0.851. The molecule has 1 fully saturated rings. The van der Waals surface area contributed by atoms with E-state index in [4.69, 9.17) is 0 Å². The zero-order valence-electron chi connectivity index (χ0n) is 11.8. The van der Waals surface area contributed by atoms with Gasteiger partial charge in [-0.2, -0.15) is 0 Å². The molecule has 21 heavy (non-hydrogen) atoms. The summed E-state index contributed by atoms with van der Waals surface area (Å²) in [6.07, 6.45) is 4.14. The first-order valence-electron chi connectivity index (χ1n) is 7.30. The quantitative estimate of drug-likeness (QED) is 0.710. The van der Waals surface area contributed by atoms with Crippen LogP contribution in [-0.2, 0) is 4.79 Å². The molecule has 2 aromatic rings. The molecule has 0 saturated heterocycles. The zero-order chi connectivity index (χ0) is 14.5. The van der Waals surface area contributed by atoms with Crippen LogP contribution in [0.15, 0.2) is 60.7 Å². The molecule has 0 bridgehead atoms. The van der Waals surface area contributed by atoms with Gasteiger partial charge in [0.1, 0.15) is 0 Å². The summed E-state index contributed by atoms with van der Waals surface area (Å²) >= 11 is 0.475. The van der Waals surface area contributed by atoms with Crippen molar-refractivity contribution in [1.29, 1.82) is 0 Å². The van der Waals surface area contributed by atoms with Crippen LogP contribution in [0.3, 0.4) is 0 Å². The van der Waals surface area contributed by atoms with Crippen molar-refractivity contribution in [1.82, 2.24) is 0 Å². The van der Waals surface area contributed by atoms with E-state index >= 15 is 0 Å². The van der Waals surface area contributed by atoms with Gasteiger partial charge in [-0.25, -0.2) is 0 Å². The van der Waals surface area contributed by atoms with Crippen LogP contribution in [0.1, 0.15) is 25.7 Å². The zero-order valence-corrected chi connectivity index (χ0v) is 15.3. The Morgan fingerprint density at radius 1 is 0.762 bits per heavy atom. The van der Waals surface area contributed by atoms with E-state index in [2.05, 4.69) is 60.7 Å². The number of rotatable bonds is 4. The molecule has 0 heterocycles. The summed E-state index contributed by atoms with van der Waals surface area (Å²) in [6.45, 7) is 0. The van der Waals surface area contributed by atoms with Crippen LogP contribution >= 0.6 is 0 Å². The van der Waals surface area contributed by atoms with Gasteiger partial charge in [0.25, 0.3) is 0 Å². The summed E-state index contributed by atoms with van der Waals surface area (Å²) in [6, 6.07) is 21.2. The Bertz CT molecular complexity index is 554. The van der Waals surface area contributed by atoms with Crippen LogP contribution in [-0.4, -0.2) is 35.7 Å². The van der Waals surface area contributed by atoms with Crippen LogP contribution < -0.4 is 8.92 Å². The van der Waals surface area contributed by atoms with Crippen LogP contribution in [0.5, 0.6) is 0 Å². The van der Waals surface area contributed by atoms with Crippen molar-refractivity contribution >= 4 is 44.6 Å². The maximum absolute atomic E-state index is 12.8. The van der Waals surface area contributed by atoms with E-state index in [1.54, 1.807) is 0 Å². The van der Waals surface area contributed by atoms with Gasteiger partial charge in [0.2, 0.25) is 0 Å². The third kappa shape index (κ3) is 3.67. The average molecular weight is 408 g/mol. The van der Waals surface area contributed by atoms with Gasteiger partial charge in [-0.1, -0.05) is 0 Å². The van der Waals surface area contributed by atoms with Gasteiger partial charge in [-0.05, 0) is 0 Å². The minimum atomic E-state index is -0.0685. The van der Waals surface area contributed by atoms with E-state index in [0.29, 0.717) is 5.78 Å². The first-order chi connectivity index (χ1) is 10.3. The molecule has 0 atom stereocenters. The molecule has 1 aliphatic carbocycles. The standard InChI is InChI=1S/C18H18OSe2/c19-17-13-7-8-14-18(17,20-15-9-3-1-4-10-15)21-16-11-5-2-6-12-16/h1-6,9-12H,7-8,13-14H2. The van der Waals surface area contributed by atoms with Crippen molar-refractivity contribution in [2.24, 2.45) is 0 Å². The third-order valence-electron chi connectivity index (χ3n) is 3.64. The molecule has 0 aromatic heterocycles. The predicted molar refractivity (Wildman–Crippen MR) is 89.8 cm³/mol. The molecule has 0 amide bonds. The van der Waals surface area contributed by atoms with E-state index < -0.39 is 0 Å². The van der Waals surface area contributed by atoms with Crippen molar-refractivity contribution in [2.45, 2.75) is 28.9 Å². The molecule has 2 aromatic carbocycles. The average Bonchev–Trinajstić information content (AvgIpc) is 2.52. The van der Waals surface area contributed by atoms with E-state index in [9.17, 15) is 4.79 Å². The Kier molecular flexibility index (Phi) is 4.98. The number of ketones is 1. The van der Waals surface area contributed by atoms with E-state index in [-0.39, 0.29) is 33.1 Å². The van der Waals surface area contributed by atoms with Gasteiger partial charge in [0.15, 0.2) is 0 Å². The molecule has 0 spiro atoms. The number of carbonyl (C=O) groups excluding carboxylic acids is 1. The summed E-state index contributed by atoms with van der Waals surface area (Å²) in [4.78, 5) is 12.8. The Labute approximate surface area is 138 Å². The second kappa shape index (κ2) is 6.94. The third-order valence-corrected chi connectivity index (χ3v) is 10.8. The molecular weight excluding hydrogens is 390 g/mol. The molecule has 0 unspecified atom stereocenters. The molecule has 1 aliphatic rings. The second-order valence-electron chi connectivity index (χ2n) is 5.21. The molecule has 3 heteroatoms. The van der Waals surface area contributed by atoms with Gasteiger partial charge in [0, 0.05) is 0 Å². The molecule has 0 aliphatic heterocycles. The van der Waals surface area contributed by atoms with Crippen molar-refractivity contribution in [2.75, 3.05) is 0 Å². The molecule has 1 saturated carbocycles. The van der Waals surface area contributed by atoms with Gasteiger partial charge in [-0.3, -0.25) is 0 Å². The summed E-state index contributed by atoms with van der Waals surface area (Å²) in [5.74, 6) is 0.515. The number of Topliss-reactive ketones (excluding diaryl/α,β-unsaturated/α-hetero) is 1. The summed E-state index contributed by atoms with van der Waals surface area (Å²) < 4.78 is 2.65. The van der Waals surface area contributed by atoms with Crippen molar-refractivity contribution in [3.63, 3.8) is 0 Å². The monoisotopic (exact) mass is 410 g/mol. The molecule has 108 valence electrons. The molecule has 1 nitrogen and oxygen atoms in total. The Morgan fingerprint density at radius 2 is 1.29 bits per heavy atom. The van der Waals surface area contributed by atoms with Gasteiger partial charge >= 0.3 is 139 Å². The predicted octanol–water partition coefficient (Wildman–Crippen LogP) is 2.31. The van der Waals surface area contributed by atoms with Crippen LogP contribution in [0.2, 0.25) is 3.21 Å². The number of hydrogen-bond donors (Lipinski definition) is 0. The second-order valence-corrected chi connectivity index (χ2v) is 12.3. The van der Waals surface area contributed by atoms with Gasteiger partial charge < -0.3 is 0 Å². The molecule has 0 radical (unpaired) electrons. The van der Waals surface area contributed by atoms with Gasteiger partial charge in [0.05, 0.1) is 0 Å². The topological polar surface area (TPSA) is 17.1 Å².